The lowest BCUT2D eigenvalue weighted by Gasteiger charge is -2.29. The first kappa shape index (κ1) is 10.7. The van der Waals surface area contributed by atoms with E-state index in [1.807, 2.05) is 4.90 Å². The molecule has 0 saturated carbocycles. The molecule has 0 aliphatic carbocycles. The zero-order valence-corrected chi connectivity index (χ0v) is 9.21. The van der Waals surface area contributed by atoms with Gasteiger partial charge in [0, 0.05) is 13.1 Å². The molecule has 2 aliphatic rings. The Morgan fingerprint density at radius 1 is 1.47 bits per heavy atom. The highest BCUT2D eigenvalue weighted by atomic mass is 16.6. The van der Waals surface area contributed by atoms with Crippen LogP contribution in [0.4, 0.5) is 4.79 Å². The van der Waals surface area contributed by atoms with Gasteiger partial charge >= 0.3 is 6.09 Å². The van der Waals surface area contributed by atoms with E-state index in [1.54, 1.807) is 0 Å². The minimum absolute atomic E-state index is 0.120. The van der Waals surface area contributed by atoms with Crippen LogP contribution in [0.1, 0.15) is 25.7 Å². The Hall–Kier alpha value is -0.770. The van der Waals surface area contributed by atoms with Gasteiger partial charge in [-0.3, -0.25) is 0 Å². The highest BCUT2D eigenvalue weighted by molar-refractivity contribution is 5.68. The first-order valence-corrected chi connectivity index (χ1v) is 5.98. The van der Waals surface area contributed by atoms with Crippen molar-refractivity contribution in [2.45, 2.75) is 25.7 Å². The summed E-state index contributed by atoms with van der Waals surface area (Å²) in [6, 6.07) is 0. The SMILES string of the molecule is O=C1OCCCN1CCC1CCCNC1. The number of carbonyl (C=O) groups excluding carboxylic acids is 1. The van der Waals surface area contributed by atoms with E-state index < -0.39 is 0 Å². The van der Waals surface area contributed by atoms with Crippen molar-refractivity contribution in [1.82, 2.24) is 10.2 Å². The summed E-state index contributed by atoms with van der Waals surface area (Å²) in [6.07, 6.45) is 4.55. The third kappa shape index (κ3) is 3.09. The average molecular weight is 212 g/mol. The fraction of sp³-hybridized carbons (Fsp3) is 0.909. The molecule has 2 heterocycles. The van der Waals surface area contributed by atoms with E-state index in [0.29, 0.717) is 6.61 Å². The van der Waals surface area contributed by atoms with Gasteiger partial charge in [0.05, 0.1) is 6.61 Å². The molecule has 15 heavy (non-hydrogen) atoms. The third-order valence-electron chi connectivity index (χ3n) is 3.26. The number of hydrogen-bond donors (Lipinski definition) is 1. The van der Waals surface area contributed by atoms with E-state index >= 15 is 0 Å². The summed E-state index contributed by atoms with van der Waals surface area (Å²) in [7, 11) is 0. The summed E-state index contributed by atoms with van der Waals surface area (Å²) in [5.41, 5.74) is 0. The Labute approximate surface area is 91.0 Å². The largest absolute Gasteiger partial charge is 0.449 e. The molecule has 0 aromatic rings. The Kier molecular flexibility index (Phi) is 3.83. The summed E-state index contributed by atoms with van der Waals surface area (Å²) in [5, 5.41) is 3.40. The molecule has 0 radical (unpaired) electrons. The minimum Gasteiger partial charge on any atom is -0.449 e. The predicted octanol–water partition coefficient (Wildman–Crippen LogP) is 1.22. The van der Waals surface area contributed by atoms with Crippen molar-refractivity contribution in [2.75, 3.05) is 32.8 Å². The highest BCUT2D eigenvalue weighted by Crippen LogP contribution is 2.15. The van der Waals surface area contributed by atoms with Gasteiger partial charge < -0.3 is 15.0 Å². The number of nitrogens with zero attached hydrogens (tertiary/aromatic N) is 1. The third-order valence-corrected chi connectivity index (χ3v) is 3.26. The molecular formula is C11H20N2O2. The van der Waals surface area contributed by atoms with Crippen LogP contribution in [0.2, 0.25) is 0 Å². The number of rotatable bonds is 3. The summed E-state index contributed by atoms with van der Waals surface area (Å²) in [5.74, 6) is 0.744. The van der Waals surface area contributed by atoms with Crippen LogP contribution >= 0.6 is 0 Å². The molecule has 4 heteroatoms. The first-order valence-electron chi connectivity index (χ1n) is 5.98. The zero-order valence-electron chi connectivity index (χ0n) is 9.21. The molecule has 1 N–H and O–H groups in total. The van der Waals surface area contributed by atoms with Crippen LogP contribution in [0.25, 0.3) is 0 Å². The van der Waals surface area contributed by atoms with Crippen molar-refractivity contribution in [2.24, 2.45) is 5.92 Å². The Bertz CT molecular complexity index is 215. The van der Waals surface area contributed by atoms with Gasteiger partial charge in [-0.15, -0.1) is 0 Å². The van der Waals surface area contributed by atoms with Crippen molar-refractivity contribution in [3.8, 4) is 0 Å². The average Bonchev–Trinajstić information content (AvgIpc) is 2.29. The molecule has 0 aromatic carbocycles. The summed E-state index contributed by atoms with van der Waals surface area (Å²) < 4.78 is 5.00. The van der Waals surface area contributed by atoms with Crippen LogP contribution in [0.5, 0.6) is 0 Å². The van der Waals surface area contributed by atoms with Crippen LogP contribution in [0, 0.1) is 5.92 Å². The molecule has 86 valence electrons. The van der Waals surface area contributed by atoms with E-state index in [4.69, 9.17) is 4.74 Å². The van der Waals surface area contributed by atoms with Crippen molar-refractivity contribution in [1.29, 1.82) is 0 Å². The lowest BCUT2D eigenvalue weighted by atomic mass is 9.96. The molecule has 0 aromatic heterocycles. The summed E-state index contributed by atoms with van der Waals surface area (Å²) in [4.78, 5) is 13.2. The van der Waals surface area contributed by atoms with Crippen molar-refractivity contribution >= 4 is 6.09 Å². The van der Waals surface area contributed by atoms with E-state index in [2.05, 4.69) is 5.32 Å². The second kappa shape index (κ2) is 5.35. The second-order valence-corrected chi connectivity index (χ2v) is 4.46. The van der Waals surface area contributed by atoms with Crippen LogP contribution in [0.15, 0.2) is 0 Å². The summed E-state index contributed by atoms with van der Waals surface area (Å²) >= 11 is 0. The van der Waals surface area contributed by atoms with Gasteiger partial charge in [-0.05, 0) is 44.7 Å². The van der Waals surface area contributed by atoms with Gasteiger partial charge in [-0.2, -0.15) is 0 Å². The number of ether oxygens (including phenoxy) is 1. The van der Waals surface area contributed by atoms with Crippen molar-refractivity contribution < 1.29 is 9.53 Å². The lowest BCUT2D eigenvalue weighted by molar-refractivity contribution is 0.0701. The number of hydrogen-bond acceptors (Lipinski definition) is 3. The van der Waals surface area contributed by atoms with Crippen LogP contribution in [0.3, 0.4) is 0 Å². The van der Waals surface area contributed by atoms with Crippen LogP contribution in [-0.4, -0.2) is 43.8 Å². The molecule has 2 rings (SSSR count). The van der Waals surface area contributed by atoms with Gasteiger partial charge in [0.1, 0.15) is 0 Å². The number of nitrogens with one attached hydrogen (secondary N) is 1. The molecule has 1 unspecified atom stereocenters. The molecule has 2 aliphatic heterocycles. The topological polar surface area (TPSA) is 41.6 Å². The van der Waals surface area contributed by atoms with Gasteiger partial charge in [0.2, 0.25) is 0 Å². The molecular weight excluding hydrogens is 192 g/mol. The molecule has 0 spiro atoms. The van der Waals surface area contributed by atoms with Crippen molar-refractivity contribution in [3.05, 3.63) is 0 Å². The van der Waals surface area contributed by atoms with Crippen LogP contribution < -0.4 is 5.32 Å². The highest BCUT2D eigenvalue weighted by Gasteiger charge is 2.21. The summed E-state index contributed by atoms with van der Waals surface area (Å²) in [6.45, 7) is 4.61. The minimum atomic E-state index is -0.120. The number of amides is 1. The van der Waals surface area contributed by atoms with Gasteiger partial charge in [0.15, 0.2) is 0 Å². The predicted molar refractivity (Wildman–Crippen MR) is 57.7 cm³/mol. The number of carbonyl (C=O) groups is 1. The fourth-order valence-corrected chi connectivity index (χ4v) is 2.31. The Balaban J connectivity index is 1.69. The Morgan fingerprint density at radius 3 is 3.13 bits per heavy atom. The first-order chi connectivity index (χ1) is 7.36. The second-order valence-electron chi connectivity index (χ2n) is 4.46. The maximum Gasteiger partial charge on any atom is 0.409 e. The molecule has 2 saturated heterocycles. The van der Waals surface area contributed by atoms with Gasteiger partial charge in [0.25, 0.3) is 0 Å². The lowest BCUT2D eigenvalue weighted by Crippen LogP contribution is -2.40. The molecule has 2 fully saturated rings. The van der Waals surface area contributed by atoms with E-state index in [9.17, 15) is 4.79 Å². The Morgan fingerprint density at radius 2 is 2.40 bits per heavy atom. The number of piperidine rings is 1. The van der Waals surface area contributed by atoms with Gasteiger partial charge in [-0.1, -0.05) is 0 Å². The zero-order chi connectivity index (χ0) is 10.5. The molecule has 1 amide bonds. The normalized spacial score (nSPS) is 27.6. The number of cyclic esters (lactones) is 1. The van der Waals surface area contributed by atoms with Crippen LogP contribution in [-0.2, 0) is 4.74 Å². The maximum atomic E-state index is 11.4. The van der Waals surface area contributed by atoms with E-state index in [-0.39, 0.29) is 6.09 Å². The van der Waals surface area contributed by atoms with Crippen molar-refractivity contribution in [3.63, 3.8) is 0 Å². The maximum absolute atomic E-state index is 11.4. The standard InChI is InChI=1S/C11H20N2O2/c14-11-13(6-2-8-15-11)7-4-10-3-1-5-12-9-10/h10,12H,1-9H2. The van der Waals surface area contributed by atoms with E-state index in [0.717, 1.165) is 44.9 Å². The van der Waals surface area contributed by atoms with Gasteiger partial charge in [-0.25, -0.2) is 4.79 Å². The molecule has 0 bridgehead atoms. The quantitative estimate of drug-likeness (QED) is 0.764. The fourth-order valence-electron chi connectivity index (χ4n) is 2.31. The molecule has 1 atom stereocenters. The van der Waals surface area contributed by atoms with E-state index in [1.165, 1.54) is 12.8 Å². The monoisotopic (exact) mass is 212 g/mol. The molecule has 4 nitrogen and oxygen atoms in total. The smallest absolute Gasteiger partial charge is 0.409 e.